The average Bonchev–Trinajstić information content (AvgIpc) is 3.02. The molecule has 0 unspecified atom stereocenters. The van der Waals surface area contributed by atoms with Crippen molar-refractivity contribution in [3.8, 4) is 5.75 Å². The molecule has 12 heteroatoms. The number of amides is 5. The van der Waals surface area contributed by atoms with E-state index in [9.17, 15) is 29.1 Å². The number of benzene rings is 3. The molecule has 244 valence electrons. The Labute approximate surface area is 268 Å². The number of urea groups is 1. The summed E-state index contributed by atoms with van der Waals surface area (Å²) in [6.45, 7) is 5.24. The van der Waals surface area contributed by atoms with Crippen LogP contribution in [0.3, 0.4) is 0 Å². The molecule has 3 aromatic rings. The van der Waals surface area contributed by atoms with Crippen LogP contribution >= 0.6 is 0 Å². The van der Waals surface area contributed by atoms with E-state index in [1.807, 2.05) is 39.0 Å². The standard InChI is InChI=1S/C34H41N5O7/c1-23(2)17-19-38(31(41)22-39(20-18-32(42)43)33(44)27-10-6-8-12-29(27)46-4)21-30(40)35-25-13-15-26(16-14-25)36-34(45)37-28-11-7-5-9-24(28)3/h5-16,23H,17-22H2,1-4H3,(H,35,40)(H,42,43)(H2,36,37,45). The molecule has 3 aromatic carbocycles. The molecule has 0 aliphatic heterocycles. The Morgan fingerprint density at radius 1 is 0.783 bits per heavy atom. The molecule has 0 fully saturated rings. The van der Waals surface area contributed by atoms with Gasteiger partial charge in [0.15, 0.2) is 0 Å². The van der Waals surface area contributed by atoms with Crippen LogP contribution in [-0.4, -0.2) is 77.9 Å². The van der Waals surface area contributed by atoms with Gasteiger partial charge in [-0.3, -0.25) is 19.2 Å². The number of nitrogens with one attached hydrogen (secondary N) is 3. The topological polar surface area (TPSA) is 157 Å². The first-order valence-electron chi connectivity index (χ1n) is 14.9. The number of aliphatic carboxylic acids is 1. The fourth-order valence-electron chi connectivity index (χ4n) is 4.45. The van der Waals surface area contributed by atoms with Gasteiger partial charge < -0.3 is 35.6 Å². The van der Waals surface area contributed by atoms with E-state index in [0.29, 0.717) is 29.2 Å². The molecule has 0 atom stereocenters. The Kier molecular flexibility index (Phi) is 13.1. The van der Waals surface area contributed by atoms with Gasteiger partial charge in [0.05, 0.1) is 25.6 Å². The number of anilines is 3. The Morgan fingerprint density at radius 2 is 1.41 bits per heavy atom. The highest BCUT2D eigenvalue weighted by Crippen LogP contribution is 2.20. The fraction of sp³-hybridized carbons (Fsp3) is 0.324. The maximum Gasteiger partial charge on any atom is 0.323 e. The predicted octanol–water partition coefficient (Wildman–Crippen LogP) is 5.08. The van der Waals surface area contributed by atoms with Gasteiger partial charge in [0, 0.05) is 30.2 Å². The zero-order valence-electron chi connectivity index (χ0n) is 26.5. The molecule has 0 aliphatic rings. The van der Waals surface area contributed by atoms with Gasteiger partial charge in [-0.25, -0.2) is 4.79 Å². The molecule has 0 saturated heterocycles. The van der Waals surface area contributed by atoms with Crippen molar-refractivity contribution in [1.29, 1.82) is 0 Å². The first kappa shape index (κ1) is 35.1. The van der Waals surface area contributed by atoms with Crippen molar-refractivity contribution in [2.45, 2.75) is 33.6 Å². The summed E-state index contributed by atoms with van der Waals surface area (Å²) in [4.78, 5) is 66.2. The summed E-state index contributed by atoms with van der Waals surface area (Å²) >= 11 is 0. The van der Waals surface area contributed by atoms with Crippen LogP contribution in [0.25, 0.3) is 0 Å². The van der Waals surface area contributed by atoms with E-state index in [0.717, 1.165) is 10.5 Å². The molecule has 0 aliphatic carbocycles. The van der Waals surface area contributed by atoms with E-state index >= 15 is 0 Å². The molecule has 0 heterocycles. The second-order valence-electron chi connectivity index (χ2n) is 11.1. The van der Waals surface area contributed by atoms with Crippen LogP contribution in [0, 0.1) is 12.8 Å². The van der Waals surface area contributed by atoms with Crippen LogP contribution < -0.4 is 20.7 Å². The van der Waals surface area contributed by atoms with Crippen molar-refractivity contribution in [1.82, 2.24) is 9.80 Å². The minimum Gasteiger partial charge on any atom is -0.496 e. The van der Waals surface area contributed by atoms with Crippen LogP contribution in [0.1, 0.15) is 42.6 Å². The summed E-state index contributed by atoms with van der Waals surface area (Å²) in [6, 6.07) is 20.0. The van der Waals surface area contributed by atoms with Crippen molar-refractivity contribution in [2.75, 3.05) is 49.2 Å². The van der Waals surface area contributed by atoms with Crippen molar-refractivity contribution in [3.63, 3.8) is 0 Å². The second-order valence-corrected chi connectivity index (χ2v) is 11.1. The number of aryl methyl sites for hydroxylation is 1. The average molecular weight is 632 g/mol. The van der Waals surface area contributed by atoms with Gasteiger partial charge in [0.2, 0.25) is 11.8 Å². The summed E-state index contributed by atoms with van der Waals surface area (Å²) in [5, 5.41) is 17.6. The summed E-state index contributed by atoms with van der Waals surface area (Å²) in [5.41, 5.74) is 2.78. The fourth-order valence-corrected chi connectivity index (χ4v) is 4.45. The number of hydrogen-bond acceptors (Lipinski definition) is 6. The van der Waals surface area contributed by atoms with E-state index in [1.54, 1.807) is 54.6 Å². The van der Waals surface area contributed by atoms with Gasteiger partial charge in [-0.15, -0.1) is 0 Å². The van der Waals surface area contributed by atoms with Gasteiger partial charge in [0.1, 0.15) is 12.3 Å². The van der Waals surface area contributed by atoms with E-state index in [2.05, 4.69) is 16.0 Å². The van der Waals surface area contributed by atoms with Crippen molar-refractivity contribution < 1.29 is 33.8 Å². The lowest BCUT2D eigenvalue weighted by Crippen LogP contribution is -2.46. The molecule has 0 radical (unpaired) electrons. The Morgan fingerprint density at radius 3 is 2.04 bits per heavy atom. The van der Waals surface area contributed by atoms with Crippen molar-refractivity contribution >= 4 is 46.8 Å². The van der Waals surface area contributed by atoms with E-state index in [-0.39, 0.29) is 37.5 Å². The lowest BCUT2D eigenvalue weighted by molar-refractivity contribution is -0.138. The van der Waals surface area contributed by atoms with Crippen LogP contribution in [0.5, 0.6) is 5.75 Å². The molecule has 12 nitrogen and oxygen atoms in total. The van der Waals surface area contributed by atoms with Crippen LogP contribution in [0.4, 0.5) is 21.9 Å². The first-order valence-corrected chi connectivity index (χ1v) is 14.9. The summed E-state index contributed by atoms with van der Waals surface area (Å²) < 4.78 is 5.29. The first-order chi connectivity index (χ1) is 22.0. The number of carbonyl (C=O) groups is 5. The molecular formula is C34H41N5O7. The number of rotatable bonds is 15. The van der Waals surface area contributed by atoms with Crippen LogP contribution in [0.2, 0.25) is 0 Å². The van der Waals surface area contributed by atoms with E-state index < -0.39 is 36.3 Å². The summed E-state index contributed by atoms with van der Waals surface area (Å²) in [7, 11) is 1.42. The molecule has 46 heavy (non-hydrogen) atoms. The molecule has 0 aromatic heterocycles. The minimum absolute atomic E-state index is 0.195. The summed E-state index contributed by atoms with van der Waals surface area (Å²) in [6.07, 6.45) is 0.249. The number of nitrogens with zero attached hydrogens (tertiary/aromatic N) is 2. The molecule has 3 rings (SSSR count). The number of methoxy groups -OCH3 is 1. The van der Waals surface area contributed by atoms with Crippen LogP contribution in [-0.2, 0) is 14.4 Å². The molecular weight excluding hydrogens is 590 g/mol. The van der Waals surface area contributed by atoms with E-state index in [4.69, 9.17) is 4.74 Å². The molecule has 0 spiro atoms. The predicted molar refractivity (Wildman–Crippen MR) is 176 cm³/mol. The minimum atomic E-state index is -1.12. The highest BCUT2D eigenvalue weighted by Gasteiger charge is 2.26. The van der Waals surface area contributed by atoms with Gasteiger partial charge in [-0.2, -0.15) is 0 Å². The SMILES string of the molecule is COc1ccccc1C(=O)N(CCC(=O)O)CC(=O)N(CCC(C)C)CC(=O)Nc1ccc(NC(=O)Nc2ccccc2C)cc1. The normalized spacial score (nSPS) is 10.5. The number of carboxylic acid groups (broad SMARTS) is 1. The third kappa shape index (κ3) is 11.0. The van der Waals surface area contributed by atoms with Crippen molar-refractivity contribution in [3.05, 3.63) is 83.9 Å². The number of hydrogen-bond donors (Lipinski definition) is 4. The Bertz CT molecular complexity index is 1520. The summed E-state index contributed by atoms with van der Waals surface area (Å²) in [5.74, 6) is -2.09. The molecule has 5 amide bonds. The lowest BCUT2D eigenvalue weighted by atomic mass is 10.1. The highest BCUT2D eigenvalue weighted by atomic mass is 16.5. The maximum atomic E-state index is 13.5. The number of ether oxygens (including phenoxy) is 1. The Balaban J connectivity index is 1.66. The Hall–Kier alpha value is -5.39. The zero-order valence-corrected chi connectivity index (χ0v) is 26.5. The number of para-hydroxylation sites is 2. The van der Waals surface area contributed by atoms with E-state index in [1.165, 1.54) is 12.0 Å². The van der Waals surface area contributed by atoms with Gasteiger partial charge in [-0.05, 0) is 67.3 Å². The largest absolute Gasteiger partial charge is 0.496 e. The molecule has 0 bridgehead atoms. The lowest BCUT2D eigenvalue weighted by Gasteiger charge is -2.28. The molecule has 4 N–H and O–H groups in total. The smallest absolute Gasteiger partial charge is 0.323 e. The van der Waals surface area contributed by atoms with Gasteiger partial charge in [0.25, 0.3) is 5.91 Å². The third-order valence-corrected chi connectivity index (χ3v) is 7.03. The monoisotopic (exact) mass is 631 g/mol. The quantitative estimate of drug-likeness (QED) is 0.182. The maximum absolute atomic E-state index is 13.5. The van der Waals surface area contributed by atoms with Crippen molar-refractivity contribution in [2.24, 2.45) is 5.92 Å². The second kappa shape index (κ2) is 17.2. The number of carboxylic acids is 1. The zero-order chi connectivity index (χ0) is 33.6. The highest BCUT2D eigenvalue weighted by molar-refractivity contribution is 6.01. The van der Waals surface area contributed by atoms with Crippen LogP contribution in [0.15, 0.2) is 72.8 Å². The van der Waals surface area contributed by atoms with Gasteiger partial charge in [-0.1, -0.05) is 44.2 Å². The number of carbonyl (C=O) groups excluding carboxylic acids is 4. The molecule has 0 saturated carbocycles. The third-order valence-electron chi connectivity index (χ3n) is 7.03. The van der Waals surface area contributed by atoms with Gasteiger partial charge >= 0.3 is 12.0 Å².